The van der Waals surface area contributed by atoms with E-state index in [-0.39, 0.29) is 36.1 Å². The fourth-order valence-corrected chi connectivity index (χ4v) is 4.53. The van der Waals surface area contributed by atoms with Crippen molar-refractivity contribution in [3.63, 3.8) is 0 Å². The molecule has 28 heavy (non-hydrogen) atoms. The summed E-state index contributed by atoms with van der Waals surface area (Å²) in [5.41, 5.74) is -0.742. The monoisotopic (exact) mass is 394 g/mol. The molecule has 2 aliphatic rings. The first-order valence-electron chi connectivity index (χ1n) is 11.0. The van der Waals surface area contributed by atoms with Crippen molar-refractivity contribution in [3.8, 4) is 0 Å². The highest BCUT2D eigenvalue weighted by Crippen LogP contribution is 2.29. The van der Waals surface area contributed by atoms with Crippen molar-refractivity contribution >= 4 is 17.8 Å². The number of carboxylic acid groups (broad SMARTS) is 1. The van der Waals surface area contributed by atoms with Gasteiger partial charge in [0.1, 0.15) is 0 Å². The molecule has 1 atom stereocenters. The first-order valence-corrected chi connectivity index (χ1v) is 11.0. The van der Waals surface area contributed by atoms with Gasteiger partial charge in [-0.15, -0.1) is 0 Å². The Labute approximate surface area is 169 Å². The Morgan fingerprint density at radius 3 is 2.14 bits per heavy atom. The van der Waals surface area contributed by atoms with Crippen molar-refractivity contribution in [1.82, 2.24) is 10.6 Å². The number of aliphatic carboxylic acids is 1. The minimum Gasteiger partial charge on any atom is -0.481 e. The van der Waals surface area contributed by atoms with E-state index in [1.807, 2.05) is 13.8 Å². The van der Waals surface area contributed by atoms with Gasteiger partial charge in [0.15, 0.2) is 0 Å². The standard InChI is InChI=1S/C22H38N2O4/c1-15(2)22(3,14-20(26)27)24-21(28)17-9-11-18(12-10-17)23-19(25)13-16-7-5-4-6-8-16/h15-18H,4-14H2,1-3H3,(H,23,25)(H,24,28)(H,26,27). The molecule has 2 aliphatic carbocycles. The number of hydrogen-bond acceptors (Lipinski definition) is 3. The lowest BCUT2D eigenvalue weighted by Gasteiger charge is -2.36. The molecule has 0 aromatic carbocycles. The van der Waals surface area contributed by atoms with Crippen LogP contribution in [-0.4, -0.2) is 34.5 Å². The van der Waals surface area contributed by atoms with Crippen molar-refractivity contribution in [1.29, 1.82) is 0 Å². The van der Waals surface area contributed by atoms with Gasteiger partial charge in [-0.1, -0.05) is 33.1 Å². The molecule has 6 heteroatoms. The highest BCUT2D eigenvalue weighted by Gasteiger charge is 2.36. The summed E-state index contributed by atoms with van der Waals surface area (Å²) in [7, 11) is 0. The molecule has 160 valence electrons. The number of hydrogen-bond donors (Lipinski definition) is 3. The lowest BCUT2D eigenvalue weighted by molar-refractivity contribution is -0.140. The number of carbonyl (C=O) groups excluding carboxylic acids is 2. The molecule has 2 amide bonds. The van der Waals surface area contributed by atoms with Gasteiger partial charge in [0.25, 0.3) is 0 Å². The van der Waals surface area contributed by atoms with E-state index in [1.165, 1.54) is 32.1 Å². The highest BCUT2D eigenvalue weighted by atomic mass is 16.4. The van der Waals surface area contributed by atoms with Crippen molar-refractivity contribution in [3.05, 3.63) is 0 Å². The zero-order chi connectivity index (χ0) is 20.7. The van der Waals surface area contributed by atoms with E-state index in [4.69, 9.17) is 5.11 Å². The molecule has 6 nitrogen and oxygen atoms in total. The van der Waals surface area contributed by atoms with Crippen LogP contribution in [0.4, 0.5) is 0 Å². The van der Waals surface area contributed by atoms with Crippen LogP contribution in [0.25, 0.3) is 0 Å². The average Bonchev–Trinajstić information content (AvgIpc) is 2.62. The number of rotatable bonds is 8. The van der Waals surface area contributed by atoms with E-state index < -0.39 is 11.5 Å². The second-order valence-corrected chi connectivity index (χ2v) is 9.46. The Hall–Kier alpha value is -1.59. The SMILES string of the molecule is CC(C)C(C)(CC(=O)O)NC(=O)C1CCC(NC(=O)CC2CCCCC2)CC1. The first kappa shape index (κ1) is 22.7. The molecule has 0 radical (unpaired) electrons. The minimum absolute atomic E-state index is 0.0305. The van der Waals surface area contributed by atoms with E-state index >= 15 is 0 Å². The van der Waals surface area contributed by atoms with Gasteiger partial charge in [0, 0.05) is 23.9 Å². The highest BCUT2D eigenvalue weighted by molar-refractivity contribution is 5.81. The van der Waals surface area contributed by atoms with Gasteiger partial charge in [-0.2, -0.15) is 0 Å². The first-order chi connectivity index (χ1) is 13.2. The van der Waals surface area contributed by atoms with Crippen LogP contribution in [0.5, 0.6) is 0 Å². The van der Waals surface area contributed by atoms with E-state index in [0.717, 1.165) is 25.7 Å². The van der Waals surface area contributed by atoms with Crippen LogP contribution in [0.3, 0.4) is 0 Å². The van der Waals surface area contributed by atoms with Crippen molar-refractivity contribution < 1.29 is 19.5 Å². The molecule has 0 bridgehead atoms. The number of amides is 2. The summed E-state index contributed by atoms with van der Waals surface area (Å²) in [4.78, 5) is 36.2. The number of carboxylic acids is 1. The lowest BCUT2D eigenvalue weighted by Crippen LogP contribution is -2.53. The number of carbonyl (C=O) groups is 3. The topological polar surface area (TPSA) is 95.5 Å². The molecule has 0 aromatic rings. The third-order valence-corrected chi connectivity index (χ3v) is 6.86. The summed E-state index contributed by atoms with van der Waals surface area (Å²) in [6, 6.07) is 0.163. The Balaban J connectivity index is 1.76. The van der Waals surface area contributed by atoms with Crippen LogP contribution in [0.2, 0.25) is 0 Å². The van der Waals surface area contributed by atoms with Gasteiger partial charge in [0.2, 0.25) is 11.8 Å². The molecule has 2 saturated carbocycles. The van der Waals surface area contributed by atoms with E-state index in [1.54, 1.807) is 6.92 Å². The van der Waals surface area contributed by atoms with Crippen LogP contribution >= 0.6 is 0 Å². The summed E-state index contributed by atoms with van der Waals surface area (Å²) in [6.45, 7) is 5.67. The fraction of sp³-hybridized carbons (Fsp3) is 0.864. The molecular formula is C22H38N2O4. The maximum atomic E-state index is 12.7. The average molecular weight is 395 g/mol. The van der Waals surface area contributed by atoms with Crippen LogP contribution in [0.1, 0.15) is 91.4 Å². The van der Waals surface area contributed by atoms with Crippen LogP contribution in [-0.2, 0) is 14.4 Å². The zero-order valence-corrected chi connectivity index (χ0v) is 17.8. The summed E-state index contributed by atoms with van der Waals surface area (Å²) < 4.78 is 0. The van der Waals surface area contributed by atoms with Crippen LogP contribution in [0, 0.1) is 17.8 Å². The van der Waals surface area contributed by atoms with Gasteiger partial charge in [-0.3, -0.25) is 14.4 Å². The predicted molar refractivity (Wildman–Crippen MR) is 109 cm³/mol. The van der Waals surface area contributed by atoms with Gasteiger partial charge >= 0.3 is 5.97 Å². The van der Waals surface area contributed by atoms with Crippen molar-refractivity contribution in [2.24, 2.45) is 17.8 Å². The van der Waals surface area contributed by atoms with Gasteiger partial charge in [-0.05, 0) is 57.3 Å². The predicted octanol–water partition coefficient (Wildman–Crippen LogP) is 3.64. The third kappa shape index (κ3) is 6.78. The zero-order valence-electron chi connectivity index (χ0n) is 17.8. The van der Waals surface area contributed by atoms with Crippen LogP contribution < -0.4 is 10.6 Å². The molecule has 2 fully saturated rings. The quantitative estimate of drug-likeness (QED) is 0.586. The summed E-state index contributed by atoms with van der Waals surface area (Å²) in [6.07, 6.45) is 9.79. The van der Waals surface area contributed by atoms with Gasteiger partial charge in [-0.25, -0.2) is 0 Å². The Morgan fingerprint density at radius 1 is 1.00 bits per heavy atom. The minimum atomic E-state index is -0.902. The van der Waals surface area contributed by atoms with Crippen LogP contribution in [0.15, 0.2) is 0 Å². The lowest BCUT2D eigenvalue weighted by atomic mass is 9.81. The Kier molecular flexibility index (Phi) is 8.32. The number of nitrogens with one attached hydrogen (secondary N) is 2. The molecule has 0 saturated heterocycles. The Morgan fingerprint density at radius 2 is 1.61 bits per heavy atom. The molecule has 3 N–H and O–H groups in total. The molecular weight excluding hydrogens is 356 g/mol. The summed E-state index contributed by atoms with van der Waals surface area (Å²) in [5, 5.41) is 15.3. The van der Waals surface area contributed by atoms with E-state index in [0.29, 0.717) is 12.3 Å². The van der Waals surface area contributed by atoms with Gasteiger partial charge in [0.05, 0.1) is 6.42 Å². The molecule has 2 rings (SSSR count). The van der Waals surface area contributed by atoms with Gasteiger partial charge < -0.3 is 15.7 Å². The molecule has 0 aromatic heterocycles. The molecule has 0 heterocycles. The summed E-state index contributed by atoms with van der Waals surface area (Å²) in [5.74, 6) is -0.320. The molecule has 0 spiro atoms. The second-order valence-electron chi connectivity index (χ2n) is 9.46. The van der Waals surface area contributed by atoms with E-state index in [9.17, 15) is 14.4 Å². The molecule has 0 aliphatic heterocycles. The third-order valence-electron chi connectivity index (χ3n) is 6.86. The maximum Gasteiger partial charge on any atom is 0.305 e. The Bertz CT molecular complexity index is 549. The van der Waals surface area contributed by atoms with E-state index in [2.05, 4.69) is 10.6 Å². The van der Waals surface area contributed by atoms with Crippen molar-refractivity contribution in [2.75, 3.05) is 0 Å². The largest absolute Gasteiger partial charge is 0.481 e. The smallest absolute Gasteiger partial charge is 0.305 e. The summed E-state index contributed by atoms with van der Waals surface area (Å²) >= 11 is 0. The molecule has 1 unspecified atom stereocenters. The fourth-order valence-electron chi connectivity index (χ4n) is 4.53. The normalized spacial score (nSPS) is 25.7. The maximum absolute atomic E-state index is 12.7. The van der Waals surface area contributed by atoms with Crippen molar-refractivity contribution in [2.45, 2.75) is 103 Å². The second kappa shape index (κ2) is 10.3.